The van der Waals surface area contributed by atoms with Gasteiger partial charge in [0.1, 0.15) is 11.2 Å². The number of hydrogen-bond donors (Lipinski definition) is 0. The van der Waals surface area contributed by atoms with Gasteiger partial charge in [0.15, 0.2) is 17.5 Å². The van der Waals surface area contributed by atoms with Crippen molar-refractivity contribution in [2.45, 2.75) is 0 Å². The Balaban J connectivity index is 1.13. The van der Waals surface area contributed by atoms with Crippen LogP contribution in [0.3, 0.4) is 0 Å². The van der Waals surface area contributed by atoms with Gasteiger partial charge in [-0.25, -0.2) is 15.0 Å². The van der Waals surface area contributed by atoms with Crippen molar-refractivity contribution in [2.24, 2.45) is 0 Å². The van der Waals surface area contributed by atoms with Gasteiger partial charge in [-0.2, -0.15) is 0 Å². The van der Waals surface area contributed by atoms with Crippen molar-refractivity contribution in [3.63, 3.8) is 0 Å². The van der Waals surface area contributed by atoms with Crippen LogP contribution in [0.4, 0.5) is 0 Å². The van der Waals surface area contributed by atoms with E-state index in [0.29, 0.717) is 17.5 Å². The van der Waals surface area contributed by atoms with E-state index in [0.717, 1.165) is 55.3 Å². The first kappa shape index (κ1) is 28.9. The summed E-state index contributed by atoms with van der Waals surface area (Å²) in [6, 6.07) is 57.5. The van der Waals surface area contributed by atoms with E-state index < -0.39 is 0 Å². The number of furan rings is 1. The molecule has 5 aromatic heterocycles. The van der Waals surface area contributed by atoms with E-state index in [1.807, 2.05) is 60.7 Å². The number of para-hydroxylation sites is 1. The van der Waals surface area contributed by atoms with Crippen LogP contribution < -0.4 is 0 Å². The molecule has 0 aliphatic heterocycles. The van der Waals surface area contributed by atoms with Gasteiger partial charge in [-0.3, -0.25) is 0 Å². The zero-order chi connectivity index (χ0) is 35.8. The standard InChI is InChI=1S/C49H27N5O/c1-3-12-28(13-4-1)47-50-48(29-14-5-2-6-15-29)52-49(51-47)34-22-24-36(31-17-8-7-16-30(31)34)53-37-20-11-21-38-42(37)43-39(53)25-27-40-44(43)45-41(55-40)26-23-33-32-18-9-10-19-35(32)54(38)46(33)45/h1-27H. The van der Waals surface area contributed by atoms with Gasteiger partial charge in [0.05, 0.1) is 38.7 Å². The molecule has 8 aromatic carbocycles. The fraction of sp³-hybridized carbons (Fsp3) is 0. The fourth-order valence-corrected chi connectivity index (χ4v) is 9.23. The third kappa shape index (κ3) is 3.79. The zero-order valence-electron chi connectivity index (χ0n) is 29.2. The van der Waals surface area contributed by atoms with Crippen LogP contribution in [-0.2, 0) is 0 Å². The Morgan fingerprint density at radius 1 is 0.364 bits per heavy atom. The van der Waals surface area contributed by atoms with Gasteiger partial charge in [0.25, 0.3) is 0 Å². The molecule has 5 heterocycles. The van der Waals surface area contributed by atoms with E-state index >= 15 is 0 Å². The predicted octanol–water partition coefficient (Wildman–Crippen LogP) is 12.5. The second-order valence-corrected chi connectivity index (χ2v) is 14.3. The summed E-state index contributed by atoms with van der Waals surface area (Å²) in [7, 11) is 0. The first-order valence-corrected chi connectivity index (χ1v) is 18.5. The summed E-state index contributed by atoms with van der Waals surface area (Å²) < 4.78 is 11.5. The maximum absolute atomic E-state index is 6.63. The first-order chi connectivity index (χ1) is 27.3. The molecule has 0 radical (unpaired) electrons. The highest BCUT2D eigenvalue weighted by Gasteiger charge is 2.27. The molecule has 0 aliphatic carbocycles. The van der Waals surface area contributed by atoms with Crippen LogP contribution in [-0.4, -0.2) is 23.9 Å². The Hall–Kier alpha value is -7.57. The molecule has 6 nitrogen and oxygen atoms in total. The van der Waals surface area contributed by atoms with E-state index in [2.05, 4.69) is 112 Å². The largest absolute Gasteiger partial charge is 0.456 e. The average Bonchev–Trinajstić information content (AvgIpc) is 3.88. The van der Waals surface area contributed by atoms with Gasteiger partial charge in [0, 0.05) is 49.0 Å². The van der Waals surface area contributed by atoms with E-state index in [-0.39, 0.29) is 0 Å². The van der Waals surface area contributed by atoms with Gasteiger partial charge in [0.2, 0.25) is 0 Å². The number of hydrogen-bond acceptors (Lipinski definition) is 4. The van der Waals surface area contributed by atoms with Crippen LogP contribution in [0.15, 0.2) is 168 Å². The Kier molecular flexibility index (Phi) is 5.54. The molecule has 13 aromatic rings. The lowest BCUT2D eigenvalue weighted by Crippen LogP contribution is -2.01. The molecule has 0 amide bonds. The number of benzene rings is 8. The van der Waals surface area contributed by atoms with Gasteiger partial charge >= 0.3 is 0 Å². The van der Waals surface area contributed by atoms with Crippen LogP contribution in [0.2, 0.25) is 0 Å². The highest BCUT2D eigenvalue weighted by Crippen LogP contribution is 2.49. The second-order valence-electron chi connectivity index (χ2n) is 14.3. The molecule has 13 rings (SSSR count). The highest BCUT2D eigenvalue weighted by atomic mass is 16.3. The normalized spacial score (nSPS) is 12.4. The molecule has 0 bridgehead atoms. The minimum atomic E-state index is 0.636. The molecule has 254 valence electrons. The van der Waals surface area contributed by atoms with Crippen molar-refractivity contribution in [2.75, 3.05) is 0 Å². The summed E-state index contributed by atoms with van der Waals surface area (Å²) in [5.74, 6) is 1.92. The minimum absolute atomic E-state index is 0.636. The first-order valence-electron chi connectivity index (χ1n) is 18.5. The molecule has 0 aliphatic rings. The molecule has 0 saturated heterocycles. The maximum Gasteiger partial charge on any atom is 0.164 e. The predicted molar refractivity (Wildman–Crippen MR) is 224 cm³/mol. The molecular formula is C49H27N5O. The SMILES string of the molecule is c1ccc(-c2nc(-c3ccccc3)nc(-c3ccc(-n4c5ccc6oc7ccc8c9ccccc9n9c%10cccc4c%10c5c6c7c89)c4ccccc34)n2)cc1. The van der Waals surface area contributed by atoms with Gasteiger partial charge < -0.3 is 13.4 Å². The van der Waals surface area contributed by atoms with Crippen LogP contribution in [0, 0.1) is 0 Å². The molecule has 0 unspecified atom stereocenters. The quantitative estimate of drug-likeness (QED) is 0.183. The van der Waals surface area contributed by atoms with E-state index in [1.54, 1.807) is 0 Å². The Bertz CT molecular complexity index is 3590. The average molecular weight is 702 g/mol. The van der Waals surface area contributed by atoms with Crippen molar-refractivity contribution in [1.82, 2.24) is 23.9 Å². The third-order valence-electron chi connectivity index (χ3n) is 11.5. The monoisotopic (exact) mass is 701 g/mol. The summed E-state index contributed by atoms with van der Waals surface area (Å²) in [5, 5.41) is 9.43. The highest BCUT2D eigenvalue weighted by molar-refractivity contribution is 6.37. The molecular weight excluding hydrogens is 675 g/mol. The lowest BCUT2D eigenvalue weighted by atomic mass is 10.0. The van der Waals surface area contributed by atoms with Crippen LogP contribution >= 0.6 is 0 Å². The Labute approximate surface area is 312 Å². The molecule has 6 heteroatoms. The van der Waals surface area contributed by atoms with E-state index in [9.17, 15) is 0 Å². The fourth-order valence-electron chi connectivity index (χ4n) is 9.23. The third-order valence-corrected chi connectivity index (χ3v) is 11.5. The van der Waals surface area contributed by atoms with E-state index in [4.69, 9.17) is 19.4 Å². The lowest BCUT2D eigenvalue weighted by Gasteiger charge is -2.15. The van der Waals surface area contributed by atoms with Crippen molar-refractivity contribution in [3.05, 3.63) is 164 Å². The van der Waals surface area contributed by atoms with Crippen LogP contribution in [0.25, 0.3) is 122 Å². The lowest BCUT2D eigenvalue weighted by molar-refractivity contribution is 0.669. The summed E-state index contributed by atoms with van der Waals surface area (Å²) in [5.41, 5.74) is 11.6. The van der Waals surface area contributed by atoms with Crippen molar-refractivity contribution in [1.29, 1.82) is 0 Å². The van der Waals surface area contributed by atoms with Crippen molar-refractivity contribution >= 4 is 81.8 Å². The maximum atomic E-state index is 6.63. The molecule has 0 fully saturated rings. The smallest absolute Gasteiger partial charge is 0.164 e. The summed E-state index contributed by atoms with van der Waals surface area (Å²) in [4.78, 5) is 15.2. The summed E-state index contributed by atoms with van der Waals surface area (Å²) in [6.07, 6.45) is 0. The number of aromatic nitrogens is 5. The van der Waals surface area contributed by atoms with Crippen molar-refractivity contribution in [3.8, 4) is 39.9 Å². The Morgan fingerprint density at radius 2 is 0.964 bits per heavy atom. The molecule has 0 atom stereocenters. The number of nitrogens with zero attached hydrogens (tertiary/aromatic N) is 5. The zero-order valence-corrected chi connectivity index (χ0v) is 29.2. The minimum Gasteiger partial charge on any atom is -0.456 e. The van der Waals surface area contributed by atoms with Crippen molar-refractivity contribution < 1.29 is 4.42 Å². The van der Waals surface area contributed by atoms with Crippen LogP contribution in [0.5, 0.6) is 0 Å². The number of fused-ring (bicyclic) bond motifs is 5. The molecule has 0 spiro atoms. The molecule has 0 N–H and O–H groups in total. The summed E-state index contributed by atoms with van der Waals surface area (Å²) >= 11 is 0. The number of rotatable bonds is 4. The second kappa shape index (κ2) is 10.5. The van der Waals surface area contributed by atoms with E-state index in [1.165, 1.54) is 48.9 Å². The summed E-state index contributed by atoms with van der Waals surface area (Å²) in [6.45, 7) is 0. The topological polar surface area (TPSA) is 61.2 Å². The molecule has 0 saturated carbocycles. The Morgan fingerprint density at radius 3 is 1.75 bits per heavy atom. The van der Waals surface area contributed by atoms with Gasteiger partial charge in [-0.05, 0) is 60.0 Å². The van der Waals surface area contributed by atoms with Crippen LogP contribution in [0.1, 0.15) is 0 Å². The van der Waals surface area contributed by atoms with Gasteiger partial charge in [-0.1, -0.05) is 109 Å². The molecule has 55 heavy (non-hydrogen) atoms. The van der Waals surface area contributed by atoms with Gasteiger partial charge in [-0.15, -0.1) is 0 Å².